The van der Waals surface area contributed by atoms with Crippen molar-refractivity contribution in [3.8, 4) is 0 Å². The zero-order valence-electron chi connectivity index (χ0n) is 10.5. The molecule has 0 N–H and O–H groups in total. The Bertz CT molecular complexity index is 588. The zero-order valence-corrected chi connectivity index (χ0v) is 12.9. The van der Waals surface area contributed by atoms with Gasteiger partial charge in [0.15, 0.2) is 0 Å². The van der Waals surface area contributed by atoms with Crippen LogP contribution in [0.2, 0.25) is 0 Å². The number of hydrogen-bond acceptors (Lipinski definition) is 4. The van der Waals surface area contributed by atoms with Crippen LogP contribution in [-0.4, -0.2) is 20.5 Å². The number of Topliss-reactive ketones (excluding diaryl/α,β-unsaturated/α-hetero) is 1. The fourth-order valence-corrected chi connectivity index (χ4v) is 3.05. The number of ketones is 1. The molecule has 0 bridgehead atoms. The molecule has 2 aromatic rings. The third kappa shape index (κ3) is 2.87. The van der Waals surface area contributed by atoms with Gasteiger partial charge in [0, 0.05) is 24.5 Å². The third-order valence-electron chi connectivity index (χ3n) is 2.64. The molecule has 18 heavy (non-hydrogen) atoms. The maximum absolute atomic E-state index is 12.0. The molecule has 0 spiro atoms. The summed E-state index contributed by atoms with van der Waals surface area (Å²) in [6, 6.07) is 0. The summed E-state index contributed by atoms with van der Waals surface area (Å²) in [4.78, 5) is 16.3. The van der Waals surface area contributed by atoms with E-state index in [1.807, 2.05) is 26.3 Å². The molecule has 0 fully saturated rings. The van der Waals surface area contributed by atoms with Crippen LogP contribution in [0.5, 0.6) is 0 Å². The second-order valence-electron chi connectivity index (χ2n) is 4.24. The van der Waals surface area contributed by atoms with Crippen molar-refractivity contribution >= 4 is 33.0 Å². The van der Waals surface area contributed by atoms with E-state index >= 15 is 0 Å². The second-order valence-corrected chi connectivity index (χ2v) is 5.98. The fourth-order valence-electron chi connectivity index (χ4n) is 1.77. The van der Waals surface area contributed by atoms with Crippen molar-refractivity contribution in [1.29, 1.82) is 0 Å². The van der Waals surface area contributed by atoms with Crippen molar-refractivity contribution in [2.45, 2.75) is 26.7 Å². The van der Waals surface area contributed by atoms with Crippen LogP contribution in [0.4, 0.5) is 0 Å². The summed E-state index contributed by atoms with van der Waals surface area (Å²) in [7, 11) is 1.86. The van der Waals surface area contributed by atoms with Gasteiger partial charge in [-0.3, -0.25) is 9.48 Å². The van der Waals surface area contributed by atoms with Gasteiger partial charge in [0.05, 0.1) is 22.3 Å². The van der Waals surface area contributed by atoms with Crippen LogP contribution in [0.1, 0.15) is 22.1 Å². The summed E-state index contributed by atoms with van der Waals surface area (Å²) < 4.78 is 2.68. The largest absolute Gasteiger partial charge is 0.299 e. The van der Waals surface area contributed by atoms with Crippen LogP contribution in [0.25, 0.3) is 0 Å². The van der Waals surface area contributed by atoms with Gasteiger partial charge in [-0.05, 0) is 29.8 Å². The molecular formula is C12H14BrN3OS. The highest BCUT2D eigenvalue weighted by molar-refractivity contribution is 9.10. The van der Waals surface area contributed by atoms with Crippen molar-refractivity contribution in [2.75, 3.05) is 0 Å². The highest BCUT2D eigenvalue weighted by Gasteiger charge is 2.15. The van der Waals surface area contributed by atoms with E-state index in [0.717, 1.165) is 26.6 Å². The molecule has 0 unspecified atom stereocenters. The van der Waals surface area contributed by atoms with Gasteiger partial charge in [0.2, 0.25) is 0 Å². The molecule has 0 aromatic carbocycles. The van der Waals surface area contributed by atoms with E-state index in [4.69, 9.17) is 0 Å². The molecule has 2 aromatic heterocycles. The minimum absolute atomic E-state index is 0.160. The van der Waals surface area contributed by atoms with E-state index < -0.39 is 0 Å². The van der Waals surface area contributed by atoms with E-state index in [1.165, 1.54) is 11.3 Å². The Kier molecular flexibility index (Phi) is 3.97. The number of halogens is 1. The molecular weight excluding hydrogens is 314 g/mol. The molecule has 0 aliphatic rings. The Labute approximate surface area is 118 Å². The number of hydrogen-bond donors (Lipinski definition) is 0. The van der Waals surface area contributed by atoms with E-state index in [1.54, 1.807) is 4.68 Å². The molecule has 0 saturated heterocycles. The summed E-state index contributed by atoms with van der Waals surface area (Å²) in [5.41, 5.74) is 2.80. The minimum atomic E-state index is 0.160. The SMILES string of the molecule is Cc1csc(CC(=O)Cc2c(Br)c(C)nn2C)n1. The number of aromatic nitrogens is 3. The first-order chi connectivity index (χ1) is 8.47. The van der Waals surface area contributed by atoms with Crippen molar-refractivity contribution in [3.63, 3.8) is 0 Å². The molecule has 0 saturated carbocycles. The fraction of sp³-hybridized carbons (Fsp3) is 0.417. The Morgan fingerprint density at radius 1 is 1.44 bits per heavy atom. The Morgan fingerprint density at radius 2 is 2.17 bits per heavy atom. The molecule has 0 amide bonds. The molecule has 96 valence electrons. The molecule has 4 nitrogen and oxygen atoms in total. The number of carbonyl (C=O) groups is 1. The number of aryl methyl sites for hydroxylation is 3. The number of carbonyl (C=O) groups excluding carboxylic acids is 1. The number of rotatable bonds is 4. The minimum Gasteiger partial charge on any atom is -0.299 e. The normalized spacial score (nSPS) is 10.9. The maximum Gasteiger partial charge on any atom is 0.145 e. The third-order valence-corrected chi connectivity index (χ3v) is 4.64. The molecule has 0 aliphatic heterocycles. The lowest BCUT2D eigenvalue weighted by molar-refractivity contribution is -0.117. The predicted octanol–water partition coefficient (Wildman–Crippen LogP) is 2.61. The second kappa shape index (κ2) is 5.32. The smallest absolute Gasteiger partial charge is 0.145 e. The summed E-state index contributed by atoms with van der Waals surface area (Å²) in [6.45, 7) is 3.85. The van der Waals surface area contributed by atoms with E-state index in [0.29, 0.717) is 12.8 Å². The van der Waals surface area contributed by atoms with Crippen LogP contribution in [0.3, 0.4) is 0 Å². The first kappa shape index (κ1) is 13.4. The first-order valence-corrected chi connectivity index (χ1v) is 7.25. The van der Waals surface area contributed by atoms with Gasteiger partial charge in [-0.25, -0.2) is 4.98 Å². The van der Waals surface area contributed by atoms with Gasteiger partial charge in [0.1, 0.15) is 10.8 Å². The summed E-state index contributed by atoms with van der Waals surface area (Å²) in [5, 5.41) is 7.13. The van der Waals surface area contributed by atoms with Crippen LogP contribution in [-0.2, 0) is 24.7 Å². The summed E-state index contributed by atoms with van der Waals surface area (Å²) in [6.07, 6.45) is 0.783. The Morgan fingerprint density at radius 3 is 2.67 bits per heavy atom. The average Bonchev–Trinajstić information content (AvgIpc) is 2.78. The Hall–Kier alpha value is -1.01. The maximum atomic E-state index is 12.0. The molecule has 2 heterocycles. The zero-order chi connectivity index (χ0) is 13.3. The van der Waals surface area contributed by atoms with Crippen LogP contribution >= 0.6 is 27.3 Å². The monoisotopic (exact) mass is 327 g/mol. The van der Waals surface area contributed by atoms with Gasteiger partial charge in [0.25, 0.3) is 0 Å². The topological polar surface area (TPSA) is 47.8 Å². The lowest BCUT2D eigenvalue weighted by Crippen LogP contribution is -2.10. The van der Waals surface area contributed by atoms with E-state index in [9.17, 15) is 4.79 Å². The van der Waals surface area contributed by atoms with Gasteiger partial charge in [-0.1, -0.05) is 0 Å². The van der Waals surface area contributed by atoms with Crippen molar-refractivity contribution < 1.29 is 4.79 Å². The van der Waals surface area contributed by atoms with Crippen molar-refractivity contribution in [3.05, 3.63) is 31.9 Å². The van der Waals surface area contributed by atoms with Crippen molar-refractivity contribution in [2.24, 2.45) is 7.05 Å². The molecule has 0 aliphatic carbocycles. The predicted molar refractivity (Wildman–Crippen MR) is 74.9 cm³/mol. The van der Waals surface area contributed by atoms with E-state index in [2.05, 4.69) is 26.0 Å². The standard InChI is InChI=1S/C12H14BrN3OS/c1-7-6-18-11(14-7)5-9(17)4-10-12(13)8(2)15-16(10)3/h6H,4-5H2,1-3H3. The number of nitrogens with zero attached hydrogens (tertiary/aromatic N) is 3. The average molecular weight is 328 g/mol. The molecule has 0 radical (unpaired) electrons. The van der Waals surface area contributed by atoms with E-state index in [-0.39, 0.29) is 5.78 Å². The summed E-state index contributed by atoms with van der Waals surface area (Å²) >= 11 is 5.01. The molecule has 2 rings (SSSR count). The van der Waals surface area contributed by atoms with Gasteiger partial charge in [-0.15, -0.1) is 11.3 Å². The molecule has 6 heteroatoms. The van der Waals surface area contributed by atoms with Crippen LogP contribution in [0.15, 0.2) is 9.85 Å². The quantitative estimate of drug-likeness (QED) is 0.867. The van der Waals surface area contributed by atoms with Crippen LogP contribution < -0.4 is 0 Å². The first-order valence-electron chi connectivity index (χ1n) is 5.58. The highest BCUT2D eigenvalue weighted by atomic mass is 79.9. The number of thiazole rings is 1. The van der Waals surface area contributed by atoms with Gasteiger partial charge in [-0.2, -0.15) is 5.10 Å². The lowest BCUT2D eigenvalue weighted by Gasteiger charge is -2.01. The highest BCUT2D eigenvalue weighted by Crippen LogP contribution is 2.21. The molecule has 0 atom stereocenters. The van der Waals surface area contributed by atoms with Crippen molar-refractivity contribution in [1.82, 2.24) is 14.8 Å². The summed E-state index contributed by atoms with van der Waals surface area (Å²) in [5.74, 6) is 0.160. The van der Waals surface area contributed by atoms with Gasteiger partial charge >= 0.3 is 0 Å². The lowest BCUT2D eigenvalue weighted by atomic mass is 10.1. The Balaban J connectivity index is 2.07. The van der Waals surface area contributed by atoms with Crippen LogP contribution in [0, 0.1) is 13.8 Å². The van der Waals surface area contributed by atoms with Gasteiger partial charge < -0.3 is 0 Å².